The first-order valence-corrected chi connectivity index (χ1v) is 6.35. The van der Waals surface area contributed by atoms with Crippen molar-refractivity contribution in [3.05, 3.63) is 29.3 Å². The first-order valence-electron chi connectivity index (χ1n) is 4.50. The number of aliphatic hydroxyl groups is 1. The van der Waals surface area contributed by atoms with Gasteiger partial charge in [-0.2, -0.15) is 0 Å². The monoisotopic (exact) mass is 229 g/mol. The number of rotatable bonds is 3. The Hall–Kier alpha value is -1.07. The average molecular weight is 229 g/mol. The maximum atomic E-state index is 11.3. The normalized spacial score (nSPS) is 11.5. The highest BCUT2D eigenvalue weighted by atomic mass is 32.2. The third-order valence-electron chi connectivity index (χ3n) is 2.24. The lowest BCUT2D eigenvalue weighted by molar-refractivity contribution is 0.282. The van der Waals surface area contributed by atoms with Crippen LogP contribution in [-0.4, -0.2) is 26.8 Å². The largest absolute Gasteiger partial charge is 0.392 e. The van der Waals surface area contributed by atoms with E-state index in [1.165, 1.54) is 7.05 Å². The van der Waals surface area contributed by atoms with Crippen LogP contribution >= 0.6 is 0 Å². The molecule has 0 spiro atoms. The Morgan fingerprint density at radius 2 is 2.00 bits per heavy atom. The van der Waals surface area contributed by atoms with E-state index in [1.807, 2.05) is 13.0 Å². The molecule has 0 radical (unpaired) electrons. The van der Waals surface area contributed by atoms with Crippen molar-refractivity contribution in [2.24, 2.45) is 0 Å². The lowest BCUT2D eigenvalue weighted by Crippen LogP contribution is -2.25. The molecule has 0 saturated heterocycles. The summed E-state index contributed by atoms with van der Waals surface area (Å²) in [5.41, 5.74) is 2.12. The Morgan fingerprint density at radius 1 is 1.40 bits per heavy atom. The molecule has 0 amide bonds. The lowest BCUT2D eigenvalue weighted by atomic mass is 10.1. The number of hydrogen-bond acceptors (Lipinski definition) is 3. The van der Waals surface area contributed by atoms with Crippen molar-refractivity contribution >= 4 is 15.7 Å². The van der Waals surface area contributed by atoms with E-state index in [0.717, 1.165) is 16.1 Å². The van der Waals surface area contributed by atoms with Crippen LogP contribution in [0.25, 0.3) is 0 Å². The smallest absolute Gasteiger partial charge is 0.232 e. The summed E-state index contributed by atoms with van der Waals surface area (Å²) in [6.07, 6.45) is 1.13. The minimum Gasteiger partial charge on any atom is -0.392 e. The molecule has 1 N–H and O–H groups in total. The highest BCUT2D eigenvalue weighted by molar-refractivity contribution is 7.92. The summed E-state index contributed by atoms with van der Waals surface area (Å²) in [5.74, 6) is 0. The molecule has 0 aliphatic heterocycles. The average Bonchev–Trinajstić information content (AvgIpc) is 2.15. The van der Waals surface area contributed by atoms with Gasteiger partial charge in [0, 0.05) is 12.6 Å². The Kier molecular flexibility index (Phi) is 3.36. The number of benzene rings is 1. The molecule has 0 bridgehead atoms. The van der Waals surface area contributed by atoms with Gasteiger partial charge in [0.2, 0.25) is 10.0 Å². The second-order valence-corrected chi connectivity index (χ2v) is 5.53. The number of hydrogen-bond donors (Lipinski definition) is 1. The van der Waals surface area contributed by atoms with Crippen molar-refractivity contribution in [1.82, 2.24) is 0 Å². The summed E-state index contributed by atoms with van der Waals surface area (Å²) in [6, 6.07) is 5.29. The van der Waals surface area contributed by atoms with Crippen molar-refractivity contribution in [3.8, 4) is 0 Å². The van der Waals surface area contributed by atoms with Crippen molar-refractivity contribution < 1.29 is 13.5 Å². The molecule has 0 fully saturated rings. The molecule has 0 heterocycles. The molecule has 0 aromatic heterocycles. The van der Waals surface area contributed by atoms with Crippen LogP contribution in [0, 0.1) is 6.92 Å². The predicted molar refractivity (Wildman–Crippen MR) is 60.3 cm³/mol. The molecule has 0 atom stereocenters. The summed E-state index contributed by atoms with van der Waals surface area (Å²) in [6.45, 7) is 1.72. The summed E-state index contributed by atoms with van der Waals surface area (Å²) < 4.78 is 23.8. The van der Waals surface area contributed by atoms with Gasteiger partial charge < -0.3 is 5.11 Å². The van der Waals surface area contributed by atoms with Gasteiger partial charge in [0.05, 0.1) is 18.6 Å². The Labute approximate surface area is 90.2 Å². The van der Waals surface area contributed by atoms with Crippen molar-refractivity contribution in [1.29, 1.82) is 0 Å². The third kappa shape index (κ3) is 2.70. The standard InChI is InChI=1S/C10H15NO3S/c1-8-4-5-10(9(6-8)7-12)11(2)15(3,13)14/h4-6,12H,7H2,1-3H3. The predicted octanol–water partition coefficient (Wildman–Crippen LogP) is 0.883. The summed E-state index contributed by atoms with van der Waals surface area (Å²) in [4.78, 5) is 0. The van der Waals surface area contributed by atoms with Gasteiger partial charge in [-0.25, -0.2) is 8.42 Å². The Bertz CT molecular complexity index is 454. The fourth-order valence-corrected chi connectivity index (χ4v) is 1.86. The second kappa shape index (κ2) is 4.20. The van der Waals surface area contributed by atoms with E-state index in [9.17, 15) is 8.42 Å². The van der Waals surface area contributed by atoms with Gasteiger partial charge in [0.1, 0.15) is 0 Å². The van der Waals surface area contributed by atoms with Gasteiger partial charge in [0.25, 0.3) is 0 Å². The third-order valence-corrected chi connectivity index (χ3v) is 3.43. The van der Waals surface area contributed by atoms with Crippen molar-refractivity contribution in [2.75, 3.05) is 17.6 Å². The first kappa shape index (κ1) is 12.0. The molecule has 4 nitrogen and oxygen atoms in total. The lowest BCUT2D eigenvalue weighted by Gasteiger charge is -2.19. The number of aliphatic hydroxyl groups excluding tert-OH is 1. The topological polar surface area (TPSA) is 57.6 Å². The maximum Gasteiger partial charge on any atom is 0.232 e. The van der Waals surface area contributed by atoms with Gasteiger partial charge in [-0.1, -0.05) is 17.7 Å². The second-order valence-electron chi connectivity index (χ2n) is 3.52. The summed E-state index contributed by atoms with van der Waals surface area (Å²) >= 11 is 0. The van der Waals surface area contributed by atoms with Crippen LogP contribution in [0.1, 0.15) is 11.1 Å². The fraction of sp³-hybridized carbons (Fsp3) is 0.400. The van der Waals surface area contributed by atoms with E-state index in [2.05, 4.69) is 0 Å². The van der Waals surface area contributed by atoms with E-state index >= 15 is 0 Å². The highest BCUT2D eigenvalue weighted by Crippen LogP contribution is 2.22. The summed E-state index contributed by atoms with van der Waals surface area (Å²) in [7, 11) is -1.81. The van der Waals surface area contributed by atoms with Crippen molar-refractivity contribution in [3.63, 3.8) is 0 Å². The number of aryl methyl sites for hydroxylation is 1. The van der Waals surface area contributed by atoms with E-state index in [1.54, 1.807) is 12.1 Å². The zero-order valence-corrected chi connectivity index (χ0v) is 9.87. The number of sulfonamides is 1. The van der Waals surface area contributed by atoms with Gasteiger partial charge in [0.15, 0.2) is 0 Å². The minimum absolute atomic E-state index is 0.170. The fourth-order valence-electron chi connectivity index (χ4n) is 1.33. The molecule has 15 heavy (non-hydrogen) atoms. The first-order chi connectivity index (χ1) is 6.86. The molecule has 1 aromatic rings. The van der Waals surface area contributed by atoms with Crippen LogP contribution in [0.5, 0.6) is 0 Å². The van der Waals surface area contributed by atoms with Crippen LogP contribution < -0.4 is 4.31 Å². The van der Waals surface area contributed by atoms with Gasteiger partial charge in [-0.05, 0) is 13.0 Å². The molecule has 0 aliphatic rings. The SMILES string of the molecule is Cc1ccc(N(C)S(C)(=O)=O)c(CO)c1. The van der Waals surface area contributed by atoms with Crippen LogP contribution in [0.4, 0.5) is 5.69 Å². The van der Waals surface area contributed by atoms with E-state index in [-0.39, 0.29) is 6.61 Å². The van der Waals surface area contributed by atoms with Gasteiger partial charge in [-0.15, -0.1) is 0 Å². The highest BCUT2D eigenvalue weighted by Gasteiger charge is 2.14. The van der Waals surface area contributed by atoms with Gasteiger partial charge >= 0.3 is 0 Å². The molecule has 84 valence electrons. The van der Waals surface area contributed by atoms with Crippen LogP contribution in [0.15, 0.2) is 18.2 Å². The molecular weight excluding hydrogens is 214 g/mol. The quantitative estimate of drug-likeness (QED) is 0.837. The van der Waals surface area contributed by atoms with Crippen LogP contribution in [-0.2, 0) is 16.6 Å². The zero-order chi connectivity index (χ0) is 11.6. The van der Waals surface area contributed by atoms with E-state index < -0.39 is 10.0 Å². The molecular formula is C10H15NO3S. The van der Waals surface area contributed by atoms with E-state index in [4.69, 9.17) is 5.11 Å². The zero-order valence-electron chi connectivity index (χ0n) is 9.06. The van der Waals surface area contributed by atoms with E-state index in [0.29, 0.717) is 11.3 Å². The maximum absolute atomic E-state index is 11.3. The molecule has 0 unspecified atom stereocenters. The molecule has 1 aromatic carbocycles. The minimum atomic E-state index is -3.28. The number of nitrogens with zero attached hydrogens (tertiary/aromatic N) is 1. The molecule has 0 saturated carbocycles. The molecule has 5 heteroatoms. The Morgan fingerprint density at radius 3 is 2.47 bits per heavy atom. The molecule has 0 aliphatic carbocycles. The Balaban J connectivity index is 3.26. The van der Waals surface area contributed by atoms with Gasteiger partial charge in [-0.3, -0.25) is 4.31 Å². The van der Waals surface area contributed by atoms with Crippen molar-refractivity contribution in [2.45, 2.75) is 13.5 Å². The molecule has 1 rings (SSSR count). The van der Waals surface area contributed by atoms with Crippen LogP contribution in [0.3, 0.4) is 0 Å². The summed E-state index contributed by atoms with van der Waals surface area (Å²) in [5, 5.41) is 9.14. The number of anilines is 1. The van der Waals surface area contributed by atoms with Crippen LogP contribution in [0.2, 0.25) is 0 Å².